The Hall–Kier alpha value is -3.52. The second-order valence-electron chi connectivity index (χ2n) is 7.89. The van der Waals surface area contributed by atoms with Gasteiger partial charge in [0.05, 0.1) is 18.2 Å². The molecular weight excluding hydrogens is 475 g/mol. The minimum atomic E-state index is -4.46. The SMILES string of the molecule is COC(=O)c1c(SCc2cccc(C)c2)nc2ccccc2c1OCc1cccc(C(F)(F)F)c1. The molecule has 0 aliphatic rings. The van der Waals surface area contributed by atoms with Crippen LogP contribution < -0.4 is 4.74 Å². The summed E-state index contributed by atoms with van der Waals surface area (Å²) in [5, 5.41) is 0.996. The zero-order valence-corrected chi connectivity index (χ0v) is 19.9. The molecular formula is C27H22F3NO3S. The van der Waals surface area contributed by atoms with Gasteiger partial charge in [-0.3, -0.25) is 0 Å². The third-order valence-electron chi connectivity index (χ3n) is 5.30. The summed E-state index contributed by atoms with van der Waals surface area (Å²) < 4.78 is 50.5. The number of fused-ring (bicyclic) bond motifs is 1. The van der Waals surface area contributed by atoms with Crippen LogP contribution in [-0.2, 0) is 23.3 Å². The van der Waals surface area contributed by atoms with E-state index in [9.17, 15) is 18.0 Å². The quantitative estimate of drug-likeness (QED) is 0.199. The van der Waals surface area contributed by atoms with Crippen molar-refractivity contribution in [3.63, 3.8) is 0 Å². The predicted octanol–water partition coefficient (Wildman–Crippen LogP) is 7.22. The summed E-state index contributed by atoms with van der Waals surface area (Å²) >= 11 is 1.37. The maximum absolute atomic E-state index is 13.1. The van der Waals surface area contributed by atoms with Crippen LogP contribution in [0.25, 0.3) is 10.9 Å². The van der Waals surface area contributed by atoms with Gasteiger partial charge in [0.25, 0.3) is 0 Å². The Morgan fingerprint density at radius 2 is 1.71 bits per heavy atom. The van der Waals surface area contributed by atoms with Gasteiger partial charge in [0.15, 0.2) is 0 Å². The molecule has 0 radical (unpaired) electrons. The number of para-hydroxylation sites is 1. The topological polar surface area (TPSA) is 48.4 Å². The number of carbonyl (C=O) groups is 1. The van der Waals surface area contributed by atoms with Crippen LogP contribution in [0.4, 0.5) is 13.2 Å². The molecule has 4 nitrogen and oxygen atoms in total. The van der Waals surface area contributed by atoms with Crippen molar-refractivity contribution in [2.24, 2.45) is 0 Å². The highest BCUT2D eigenvalue weighted by Gasteiger charge is 2.30. The van der Waals surface area contributed by atoms with Gasteiger partial charge in [0.1, 0.15) is 22.9 Å². The molecule has 0 aliphatic carbocycles. The first-order valence-corrected chi connectivity index (χ1v) is 11.7. The molecule has 180 valence electrons. The van der Waals surface area contributed by atoms with Crippen molar-refractivity contribution in [3.8, 4) is 5.75 Å². The van der Waals surface area contributed by atoms with E-state index in [-0.39, 0.29) is 17.9 Å². The lowest BCUT2D eigenvalue weighted by Crippen LogP contribution is -2.10. The van der Waals surface area contributed by atoms with E-state index < -0.39 is 17.7 Å². The van der Waals surface area contributed by atoms with Gasteiger partial charge in [-0.2, -0.15) is 13.2 Å². The molecule has 8 heteroatoms. The molecule has 0 bridgehead atoms. The maximum atomic E-state index is 13.1. The summed E-state index contributed by atoms with van der Waals surface area (Å²) in [6, 6.07) is 20.1. The second-order valence-corrected chi connectivity index (χ2v) is 8.86. The summed E-state index contributed by atoms with van der Waals surface area (Å²) in [7, 11) is 1.27. The fourth-order valence-electron chi connectivity index (χ4n) is 3.64. The number of halogens is 3. The molecule has 3 aromatic carbocycles. The maximum Gasteiger partial charge on any atom is 0.416 e. The van der Waals surface area contributed by atoms with Crippen molar-refractivity contribution in [3.05, 3.63) is 101 Å². The average molecular weight is 498 g/mol. The number of carbonyl (C=O) groups excluding carboxylic acids is 1. The van der Waals surface area contributed by atoms with Gasteiger partial charge in [0.2, 0.25) is 0 Å². The van der Waals surface area contributed by atoms with Crippen molar-refractivity contribution < 1.29 is 27.4 Å². The Morgan fingerprint density at radius 3 is 2.46 bits per heavy atom. The number of nitrogens with zero attached hydrogens (tertiary/aromatic N) is 1. The first-order valence-electron chi connectivity index (χ1n) is 10.7. The first-order chi connectivity index (χ1) is 16.8. The summed E-state index contributed by atoms with van der Waals surface area (Å²) in [5.74, 6) is 0.157. The smallest absolute Gasteiger partial charge is 0.416 e. The summed E-state index contributed by atoms with van der Waals surface area (Å²) in [6.45, 7) is 1.84. The lowest BCUT2D eigenvalue weighted by atomic mass is 10.1. The molecule has 0 N–H and O–H groups in total. The second kappa shape index (κ2) is 10.4. The molecule has 0 saturated heterocycles. The molecule has 4 rings (SSSR count). The van der Waals surface area contributed by atoms with Crippen LogP contribution in [0.2, 0.25) is 0 Å². The number of esters is 1. The van der Waals surface area contributed by atoms with Crippen LogP contribution in [0, 0.1) is 6.92 Å². The van der Waals surface area contributed by atoms with Crippen molar-refractivity contribution >= 4 is 28.6 Å². The number of aromatic nitrogens is 1. The zero-order valence-electron chi connectivity index (χ0n) is 19.1. The molecule has 0 unspecified atom stereocenters. The number of alkyl halides is 3. The van der Waals surface area contributed by atoms with Crippen molar-refractivity contribution in [1.82, 2.24) is 4.98 Å². The number of benzene rings is 3. The monoisotopic (exact) mass is 497 g/mol. The van der Waals surface area contributed by atoms with Crippen LogP contribution in [0.1, 0.15) is 32.6 Å². The lowest BCUT2D eigenvalue weighted by molar-refractivity contribution is -0.137. The van der Waals surface area contributed by atoms with E-state index in [1.54, 1.807) is 24.3 Å². The summed E-state index contributed by atoms with van der Waals surface area (Å²) in [6.07, 6.45) is -4.46. The fourth-order valence-corrected chi connectivity index (χ4v) is 4.61. The standard InChI is InChI=1S/C27H22F3NO3S/c1-17-7-5-9-19(13-17)16-35-25-23(26(32)33-2)24(21-11-3-4-12-22(21)31-25)34-15-18-8-6-10-20(14-18)27(28,29)30/h3-14H,15-16H2,1-2H3. The average Bonchev–Trinajstić information content (AvgIpc) is 2.85. The van der Waals surface area contributed by atoms with E-state index in [0.717, 1.165) is 23.3 Å². The van der Waals surface area contributed by atoms with Crippen molar-refractivity contribution in [2.75, 3.05) is 7.11 Å². The number of ether oxygens (including phenoxy) is 2. The van der Waals surface area contributed by atoms with E-state index in [1.807, 2.05) is 31.2 Å². The highest BCUT2D eigenvalue weighted by atomic mass is 32.2. The minimum absolute atomic E-state index is 0.149. The largest absolute Gasteiger partial charge is 0.487 e. The van der Waals surface area contributed by atoms with Crippen LogP contribution in [-0.4, -0.2) is 18.1 Å². The highest BCUT2D eigenvalue weighted by molar-refractivity contribution is 7.98. The molecule has 1 aromatic heterocycles. The molecule has 4 aromatic rings. The predicted molar refractivity (Wildman–Crippen MR) is 130 cm³/mol. The first kappa shape index (κ1) is 24.6. The van der Waals surface area contributed by atoms with E-state index in [0.29, 0.717) is 27.2 Å². The molecule has 0 saturated carbocycles. The van der Waals surface area contributed by atoms with Gasteiger partial charge in [0, 0.05) is 11.1 Å². The molecule has 0 fully saturated rings. The van der Waals surface area contributed by atoms with Gasteiger partial charge in [-0.05, 0) is 42.3 Å². The molecule has 1 heterocycles. The molecule has 0 spiro atoms. The van der Waals surface area contributed by atoms with Gasteiger partial charge in [-0.15, -0.1) is 11.8 Å². The third-order valence-corrected chi connectivity index (χ3v) is 6.34. The molecule has 0 amide bonds. The van der Waals surface area contributed by atoms with Gasteiger partial charge in [-0.1, -0.05) is 54.1 Å². The van der Waals surface area contributed by atoms with Crippen molar-refractivity contribution in [1.29, 1.82) is 0 Å². The Morgan fingerprint density at radius 1 is 0.971 bits per heavy atom. The highest BCUT2D eigenvalue weighted by Crippen LogP contribution is 2.38. The van der Waals surface area contributed by atoms with Crippen LogP contribution in [0.5, 0.6) is 5.75 Å². The third kappa shape index (κ3) is 5.77. The molecule has 0 aliphatic heterocycles. The number of thioether (sulfide) groups is 1. The Balaban J connectivity index is 1.74. The number of aryl methyl sites for hydroxylation is 1. The van der Waals surface area contributed by atoms with E-state index in [2.05, 4.69) is 11.1 Å². The summed E-state index contributed by atoms with van der Waals surface area (Å²) in [4.78, 5) is 17.5. The van der Waals surface area contributed by atoms with Crippen LogP contribution >= 0.6 is 11.8 Å². The van der Waals surface area contributed by atoms with E-state index >= 15 is 0 Å². The van der Waals surface area contributed by atoms with E-state index in [4.69, 9.17) is 9.47 Å². The molecule has 0 atom stereocenters. The molecule has 35 heavy (non-hydrogen) atoms. The Labute approximate surface area is 205 Å². The van der Waals surface area contributed by atoms with Gasteiger partial charge in [-0.25, -0.2) is 9.78 Å². The number of hydrogen-bond donors (Lipinski definition) is 0. The van der Waals surface area contributed by atoms with Crippen molar-refractivity contribution in [2.45, 2.75) is 30.5 Å². The Kier molecular flexibility index (Phi) is 7.31. The number of hydrogen-bond acceptors (Lipinski definition) is 5. The fraction of sp³-hybridized carbons (Fsp3) is 0.185. The summed E-state index contributed by atoms with van der Waals surface area (Å²) in [5.41, 5.74) is 2.49. The normalized spacial score (nSPS) is 11.5. The number of rotatable bonds is 7. The van der Waals surface area contributed by atoms with Crippen LogP contribution in [0.3, 0.4) is 0 Å². The number of pyridine rings is 1. The lowest BCUT2D eigenvalue weighted by Gasteiger charge is -2.17. The zero-order chi connectivity index (χ0) is 25.0. The Bertz CT molecular complexity index is 1370. The van der Waals surface area contributed by atoms with Gasteiger partial charge < -0.3 is 9.47 Å². The van der Waals surface area contributed by atoms with E-state index in [1.165, 1.54) is 24.9 Å². The minimum Gasteiger partial charge on any atom is -0.487 e. The number of methoxy groups -OCH3 is 1. The van der Waals surface area contributed by atoms with Gasteiger partial charge >= 0.3 is 12.1 Å². The van der Waals surface area contributed by atoms with Crippen LogP contribution in [0.15, 0.2) is 77.8 Å².